The van der Waals surface area contributed by atoms with Crippen molar-refractivity contribution in [3.63, 3.8) is 0 Å². The molecule has 0 spiro atoms. The quantitative estimate of drug-likeness (QED) is 0.710. The van der Waals surface area contributed by atoms with Crippen LogP contribution in [0.15, 0.2) is 42.5 Å². The second-order valence-electron chi connectivity index (χ2n) is 3.62. The topological polar surface area (TPSA) is 0 Å². The third-order valence-corrected chi connectivity index (χ3v) is 2.90. The second kappa shape index (κ2) is 4.50. The van der Waals surface area contributed by atoms with Gasteiger partial charge in [-0.3, -0.25) is 0 Å². The molecule has 0 aliphatic rings. The number of hydrogen-bond donors (Lipinski definition) is 0. The average Bonchev–Trinajstić information content (AvgIpc) is 2.24. The van der Waals surface area contributed by atoms with Gasteiger partial charge in [-0.2, -0.15) is 0 Å². The van der Waals surface area contributed by atoms with Crippen molar-refractivity contribution in [2.24, 2.45) is 0 Å². The van der Waals surface area contributed by atoms with Crippen LogP contribution < -0.4 is 0 Å². The Morgan fingerprint density at radius 1 is 1.13 bits per heavy atom. The first kappa shape index (κ1) is 10.3. The Balaban J connectivity index is 2.30. The van der Waals surface area contributed by atoms with Gasteiger partial charge >= 0.3 is 0 Å². The second-order valence-corrected chi connectivity index (χ2v) is 4.03. The third kappa shape index (κ3) is 2.40. The van der Waals surface area contributed by atoms with Crippen molar-refractivity contribution < 1.29 is 0 Å². The average molecular weight is 216 g/mol. The van der Waals surface area contributed by atoms with Crippen LogP contribution >= 0.6 is 11.6 Å². The summed E-state index contributed by atoms with van der Waals surface area (Å²) in [7, 11) is 0. The molecule has 0 N–H and O–H groups in total. The molecular weight excluding hydrogens is 204 g/mol. The molecule has 0 heterocycles. The highest BCUT2D eigenvalue weighted by Crippen LogP contribution is 2.20. The Hall–Kier alpha value is -1.27. The molecule has 0 amide bonds. The number of hydrogen-bond acceptors (Lipinski definition) is 0. The lowest BCUT2D eigenvalue weighted by Gasteiger charge is -2.06. The summed E-state index contributed by atoms with van der Waals surface area (Å²) in [5.74, 6) is 0. The summed E-state index contributed by atoms with van der Waals surface area (Å²) < 4.78 is 0. The van der Waals surface area contributed by atoms with E-state index in [0.717, 1.165) is 11.4 Å². The molecule has 15 heavy (non-hydrogen) atoms. The van der Waals surface area contributed by atoms with Gasteiger partial charge in [0.05, 0.1) is 0 Å². The van der Waals surface area contributed by atoms with E-state index in [2.05, 4.69) is 25.1 Å². The van der Waals surface area contributed by atoms with E-state index in [4.69, 9.17) is 11.6 Å². The summed E-state index contributed by atoms with van der Waals surface area (Å²) in [5.41, 5.74) is 3.74. The minimum absolute atomic E-state index is 0.834. The van der Waals surface area contributed by atoms with Crippen molar-refractivity contribution in [3.8, 4) is 0 Å². The van der Waals surface area contributed by atoms with E-state index in [1.54, 1.807) is 0 Å². The van der Waals surface area contributed by atoms with E-state index in [-0.39, 0.29) is 0 Å². The molecule has 0 aliphatic heterocycles. The number of benzene rings is 2. The molecule has 0 atom stereocenters. The summed E-state index contributed by atoms with van der Waals surface area (Å²) in [5, 5.41) is 0.834. The van der Waals surface area contributed by atoms with Crippen molar-refractivity contribution in [2.45, 2.75) is 13.3 Å². The third-order valence-electron chi connectivity index (χ3n) is 2.53. The standard InChI is InChI=1S/C14H12Cl/c1-11-6-2-3-7-12(11)10-13-8-4-5-9-14(13)15/h2,4-9H,10H2,1H3. The Morgan fingerprint density at radius 3 is 2.67 bits per heavy atom. The molecule has 0 fully saturated rings. The predicted molar refractivity (Wildman–Crippen MR) is 64.3 cm³/mol. The molecule has 0 unspecified atom stereocenters. The molecule has 0 saturated heterocycles. The van der Waals surface area contributed by atoms with E-state index in [1.807, 2.05) is 30.3 Å². The monoisotopic (exact) mass is 215 g/mol. The van der Waals surface area contributed by atoms with E-state index in [1.165, 1.54) is 16.7 Å². The van der Waals surface area contributed by atoms with Crippen molar-refractivity contribution in [1.82, 2.24) is 0 Å². The first-order valence-electron chi connectivity index (χ1n) is 4.96. The summed E-state index contributed by atoms with van der Waals surface area (Å²) in [6.45, 7) is 2.11. The summed E-state index contributed by atoms with van der Waals surface area (Å²) in [6, 6.07) is 17.1. The lowest BCUT2D eigenvalue weighted by molar-refractivity contribution is 1.16. The highest BCUT2D eigenvalue weighted by atomic mass is 35.5. The van der Waals surface area contributed by atoms with Crippen molar-refractivity contribution >= 4 is 11.6 Å². The van der Waals surface area contributed by atoms with E-state index in [9.17, 15) is 0 Å². The molecule has 0 aliphatic carbocycles. The summed E-state index contributed by atoms with van der Waals surface area (Å²) in [4.78, 5) is 0. The van der Waals surface area contributed by atoms with Crippen molar-refractivity contribution in [3.05, 3.63) is 70.2 Å². The van der Waals surface area contributed by atoms with Crippen LogP contribution in [0.5, 0.6) is 0 Å². The first-order chi connectivity index (χ1) is 7.27. The number of aryl methyl sites for hydroxylation is 1. The zero-order valence-electron chi connectivity index (χ0n) is 8.63. The normalized spacial score (nSPS) is 10.3. The Morgan fingerprint density at radius 2 is 1.93 bits per heavy atom. The maximum atomic E-state index is 6.12. The van der Waals surface area contributed by atoms with Gasteiger partial charge in [-0.15, -0.1) is 0 Å². The highest BCUT2D eigenvalue weighted by Gasteiger charge is 2.02. The van der Waals surface area contributed by atoms with Gasteiger partial charge in [0.1, 0.15) is 0 Å². The predicted octanol–water partition coefficient (Wildman–Crippen LogP) is 4.04. The molecule has 0 aromatic heterocycles. The minimum atomic E-state index is 0.834. The molecule has 2 aromatic rings. The van der Waals surface area contributed by atoms with Gasteiger partial charge in [-0.05, 0) is 42.2 Å². The number of halogens is 1. The van der Waals surface area contributed by atoms with Crippen LogP contribution in [-0.2, 0) is 6.42 Å². The highest BCUT2D eigenvalue weighted by molar-refractivity contribution is 6.31. The molecule has 75 valence electrons. The molecule has 1 radical (unpaired) electrons. The van der Waals surface area contributed by atoms with Crippen LogP contribution in [0.4, 0.5) is 0 Å². The molecular formula is C14H12Cl. The van der Waals surface area contributed by atoms with Crippen LogP contribution in [0.2, 0.25) is 5.02 Å². The van der Waals surface area contributed by atoms with Crippen molar-refractivity contribution in [2.75, 3.05) is 0 Å². The van der Waals surface area contributed by atoms with Crippen molar-refractivity contribution in [1.29, 1.82) is 0 Å². The fourth-order valence-corrected chi connectivity index (χ4v) is 1.78. The van der Waals surface area contributed by atoms with Gasteiger partial charge < -0.3 is 0 Å². The Bertz CT molecular complexity index is 417. The van der Waals surface area contributed by atoms with Gasteiger partial charge in [0.15, 0.2) is 0 Å². The minimum Gasteiger partial charge on any atom is -0.0840 e. The summed E-state index contributed by atoms with van der Waals surface area (Å²) in [6.07, 6.45) is 0.878. The Kier molecular flexibility index (Phi) is 3.08. The fourth-order valence-electron chi connectivity index (χ4n) is 1.58. The lowest BCUT2D eigenvalue weighted by atomic mass is 10.0. The van der Waals surface area contributed by atoms with Gasteiger partial charge in [0.25, 0.3) is 0 Å². The zero-order chi connectivity index (χ0) is 10.7. The Labute approximate surface area is 95.5 Å². The van der Waals surface area contributed by atoms with E-state index in [0.29, 0.717) is 0 Å². The smallest absolute Gasteiger partial charge is 0.0441 e. The maximum Gasteiger partial charge on any atom is 0.0441 e. The molecule has 0 saturated carbocycles. The molecule has 1 heteroatoms. The van der Waals surface area contributed by atoms with Crippen LogP contribution in [-0.4, -0.2) is 0 Å². The van der Waals surface area contributed by atoms with Gasteiger partial charge in [-0.1, -0.05) is 48.0 Å². The molecule has 2 aromatic carbocycles. The fraction of sp³-hybridized carbons (Fsp3) is 0.143. The van der Waals surface area contributed by atoms with Crippen LogP contribution in [0.1, 0.15) is 16.7 Å². The zero-order valence-corrected chi connectivity index (χ0v) is 9.38. The van der Waals surface area contributed by atoms with E-state index < -0.39 is 0 Å². The molecule has 2 rings (SSSR count). The maximum absolute atomic E-state index is 6.12. The van der Waals surface area contributed by atoms with Crippen LogP contribution in [0.3, 0.4) is 0 Å². The largest absolute Gasteiger partial charge is 0.0840 e. The lowest BCUT2D eigenvalue weighted by Crippen LogP contribution is -1.92. The van der Waals surface area contributed by atoms with Crippen LogP contribution in [0, 0.1) is 13.0 Å². The SMILES string of the molecule is Cc1cc[c]cc1Cc1ccccc1Cl. The molecule has 0 bridgehead atoms. The first-order valence-corrected chi connectivity index (χ1v) is 5.34. The van der Waals surface area contributed by atoms with Gasteiger partial charge in [-0.25, -0.2) is 0 Å². The van der Waals surface area contributed by atoms with E-state index >= 15 is 0 Å². The number of rotatable bonds is 2. The van der Waals surface area contributed by atoms with Gasteiger partial charge in [0.2, 0.25) is 0 Å². The van der Waals surface area contributed by atoms with Crippen LogP contribution in [0.25, 0.3) is 0 Å². The summed E-state index contributed by atoms with van der Waals surface area (Å²) >= 11 is 6.12. The molecule has 0 nitrogen and oxygen atoms in total. The van der Waals surface area contributed by atoms with Gasteiger partial charge in [0, 0.05) is 5.02 Å².